The van der Waals surface area contributed by atoms with Gasteiger partial charge in [-0.15, -0.1) is 11.3 Å². The summed E-state index contributed by atoms with van der Waals surface area (Å²) in [5.74, 6) is 0.766. The number of piperazine rings is 1. The van der Waals surface area contributed by atoms with Gasteiger partial charge in [0.2, 0.25) is 0 Å². The van der Waals surface area contributed by atoms with E-state index in [4.69, 9.17) is 4.74 Å². The second-order valence-electron chi connectivity index (χ2n) is 7.29. The maximum absolute atomic E-state index is 12.5. The molecular formula is C19H26N4O3S. The number of aromatic nitrogens is 1. The number of carbonyl (C=O) groups excluding carboxylic acids is 1. The lowest BCUT2D eigenvalue weighted by Gasteiger charge is -2.42. The van der Waals surface area contributed by atoms with Gasteiger partial charge in [-0.25, -0.2) is 9.78 Å². The van der Waals surface area contributed by atoms with Gasteiger partial charge in [0, 0.05) is 42.5 Å². The predicted octanol–water partition coefficient (Wildman–Crippen LogP) is 2.07. The van der Waals surface area contributed by atoms with Crippen LogP contribution in [0.25, 0.3) is 10.1 Å². The van der Waals surface area contributed by atoms with E-state index in [2.05, 4.69) is 32.3 Å². The molecule has 2 saturated heterocycles. The van der Waals surface area contributed by atoms with Crippen molar-refractivity contribution in [2.45, 2.75) is 12.8 Å². The Bertz CT molecular complexity index is 790. The Morgan fingerprint density at radius 2 is 2.07 bits per heavy atom. The Kier molecular flexibility index (Phi) is 5.70. The van der Waals surface area contributed by atoms with Crippen LogP contribution in [0.4, 0.5) is 5.82 Å². The van der Waals surface area contributed by atoms with Crippen molar-refractivity contribution in [2.24, 2.45) is 0 Å². The number of fused-ring (bicyclic) bond motifs is 1. The van der Waals surface area contributed by atoms with Crippen molar-refractivity contribution < 1.29 is 14.2 Å². The number of thiophene rings is 1. The molecule has 1 unspecified atom stereocenters. The van der Waals surface area contributed by atoms with Gasteiger partial charge in [-0.3, -0.25) is 9.55 Å². The van der Waals surface area contributed by atoms with Crippen LogP contribution in [0.3, 0.4) is 0 Å². The molecule has 0 radical (unpaired) electrons. The van der Waals surface area contributed by atoms with E-state index in [1.807, 2.05) is 6.20 Å². The van der Waals surface area contributed by atoms with Crippen LogP contribution in [-0.4, -0.2) is 79.5 Å². The predicted molar refractivity (Wildman–Crippen MR) is 107 cm³/mol. The van der Waals surface area contributed by atoms with Crippen molar-refractivity contribution in [3.05, 3.63) is 28.9 Å². The smallest absolute Gasteiger partial charge is 0.339 e. The second-order valence-corrected chi connectivity index (χ2v) is 8.23. The normalized spacial score (nSPS) is 24.6. The molecule has 2 fully saturated rings. The van der Waals surface area contributed by atoms with E-state index in [-0.39, 0.29) is 19.1 Å². The zero-order valence-electron chi connectivity index (χ0n) is 15.5. The summed E-state index contributed by atoms with van der Waals surface area (Å²) in [5.41, 5.74) is 0. The van der Waals surface area contributed by atoms with Crippen LogP contribution in [0.2, 0.25) is 0 Å². The average Bonchev–Trinajstić information content (AvgIpc) is 3.17. The number of amides is 1. The van der Waals surface area contributed by atoms with Gasteiger partial charge in [0.25, 0.3) is 0 Å². The second kappa shape index (κ2) is 8.20. The first-order chi connectivity index (χ1) is 13.2. The molecule has 2 aromatic rings. The van der Waals surface area contributed by atoms with Crippen molar-refractivity contribution in [3.8, 4) is 0 Å². The molecule has 2 aliphatic rings. The van der Waals surface area contributed by atoms with E-state index in [0.29, 0.717) is 13.2 Å². The number of anilines is 1. The number of pyridine rings is 1. The van der Waals surface area contributed by atoms with E-state index >= 15 is 0 Å². The van der Waals surface area contributed by atoms with Crippen LogP contribution in [0, 0.1) is 5.21 Å². The molecule has 0 aliphatic carbocycles. The van der Waals surface area contributed by atoms with E-state index in [1.165, 1.54) is 10.1 Å². The fourth-order valence-electron chi connectivity index (χ4n) is 3.87. The summed E-state index contributed by atoms with van der Waals surface area (Å²) in [6.45, 7) is 5.94. The SMILES string of the molecule is O=C1COCC[N+]1([O-])CCCCN1CCN(c2nccc3sccc23)CC1. The van der Waals surface area contributed by atoms with Crippen molar-refractivity contribution >= 4 is 33.1 Å². The van der Waals surface area contributed by atoms with Gasteiger partial charge < -0.3 is 14.8 Å². The number of unbranched alkanes of at least 4 members (excludes halogenated alkanes) is 1. The Morgan fingerprint density at radius 1 is 1.22 bits per heavy atom. The summed E-state index contributed by atoms with van der Waals surface area (Å²) in [7, 11) is 0. The lowest BCUT2D eigenvalue weighted by Crippen LogP contribution is -2.55. The number of nitrogens with zero attached hydrogens (tertiary/aromatic N) is 4. The first kappa shape index (κ1) is 18.8. The molecule has 8 heteroatoms. The number of hydroxylamine groups is 3. The van der Waals surface area contributed by atoms with Crippen LogP contribution in [-0.2, 0) is 9.53 Å². The first-order valence-corrected chi connectivity index (χ1v) is 10.5. The molecule has 4 rings (SSSR count). The number of hydrogen-bond donors (Lipinski definition) is 0. The van der Waals surface area contributed by atoms with Crippen molar-refractivity contribution in [3.63, 3.8) is 0 Å². The molecular weight excluding hydrogens is 364 g/mol. The van der Waals surface area contributed by atoms with Crippen LogP contribution < -0.4 is 4.90 Å². The van der Waals surface area contributed by atoms with Gasteiger partial charge in [-0.1, -0.05) is 0 Å². The van der Waals surface area contributed by atoms with E-state index in [9.17, 15) is 10.0 Å². The molecule has 146 valence electrons. The summed E-state index contributed by atoms with van der Waals surface area (Å²) < 4.78 is 5.65. The number of rotatable bonds is 6. The molecule has 2 aromatic heterocycles. The summed E-state index contributed by atoms with van der Waals surface area (Å²) in [6.07, 6.45) is 3.63. The van der Waals surface area contributed by atoms with Crippen LogP contribution in [0.15, 0.2) is 23.7 Å². The fourth-order valence-corrected chi connectivity index (χ4v) is 4.64. The number of carbonyl (C=O) groups is 1. The molecule has 0 spiro atoms. The van der Waals surface area contributed by atoms with E-state index in [1.54, 1.807) is 11.3 Å². The highest BCUT2D eigenvalue weighted by atomic mass is 32.1. The van der Waals surface area contributed by atoms with Crippen molar-refractivity contribution in [1.29, 1.82) is 0 Å². The zero-order chi connectivity index (χ0) is 18.7. The summed E-state index contributed by atoms with van der Waals surface area (Å²) in [5, 5.41) is 15.8. The maximum atomic E-state index is 12.5. The molecule has 0 N–H and O–H groups in total. The molecule has 0 aromatic carbocycles. The van der Waals surface area contributed by atoms with Crippen LogP contribution in [0.5, 0.6) is 0 Å². The highest BCUT2D eigenvalue weighted by Crippen LogP contribution is 2.29. The Balaban J connectivity index is 1.22. The highest BCUT2D eigenvalue weighted by Gasteiger charge is 2.30. The summed E-state index contributed by atoms with van der Waals surface area (Å²) >= 11 is 1.76. The summed E-state index contributed by atoms with van der Waals surface area (Å²) in [4.78, 5) is 21.2. The third-order valence-electron chi connectivity index (χ3n) is 5.55. The van der Waals surface area contributed by atoms with Gasteiger partial charge in [0.1, 0.15) is 12.4 Å². The zero-order valence-corrected chi connectivity index (χ0v) is 16.3. The minimum absolute atomic E-state index is 0.0314. The minimum atomic E-state index is -0.704. The molecule has 27 heavy (non-hydrogen) atoms. The third-order valence-corrected chi connectivity index (χ3v) is 6.43. The van der Waals surface area contributed by atoms with E-state index < -0.39 is 4.65 Å². The van der Waals surface area contributed by atoms with Crippen molar-refractivity contribution in [1.82, 2.24) is 9.88 Å². The monoisotopic (exact) mass is 390 g/mol. The topological polar surface area (TPSA) is 68.7 Å². The number of hydrogen-bond acceptors (Lipinski definition) is 7. The maximum Gasteiger partial charge on any atom is 0.339 e. The lowest BCUT2D eigenvalue weighted by molar-refractivity contribution is -0.811. The standard InChI is InChI=1S/C19H26N4O3S/c24-18-15-26-13-12-23(18,25)11-2-1-6-21-7-9-22(10-8-21)19-16-4-14-27-17(16)3-5-20-19/h3-5,14H,1-2,6-13,15H2. The molecule has 0 bridgehead atoms. The number of ether oxygens (including phenoxy) is 1. The largest absolute Gasteiger partial charge is 0.625 e. The number of morpholine rings is 1. The van der Waals surface area contributed by atoms with Gasteiger partial charge in [0.05, 0.1) is 13.2 Å². The highest BCUT2D eigenvalue weighted by molar-refractivity contribution is 7.17. The Morgan fingerprint density at radius 3 is 2.89 bits per heavy atom. The Labute approximate surface area is 163 Å². The van der Waals surface area contributed by atoms with E-state index in [0.717, 1.165) is 51.4 Å². The molecule has 7 nitrogen and oxygen atoms in total. The number of quaternary nitrogens is 1. The van der Waals surface area contributed by atoms with Gasteiger partial charge in [0.15, 0.2) is 6.61 Å². The molecule has 1 amide bonds. The van der Waals surface area contributed by atoms with Crippen LogP contribution in [0.1, 0.15) is 12.8 Å². The average molecular weight is 391 g/mol. The Hall–Kier alpha value is -1.58. The molecule has 1 atom stereocenters. The molecule has 2 aliphatic heterocycles. The minimum Gasteiger partial charge on any atom is -0.625 e. The first-order valence-electron chi connectivity index (χ1n) is 9.64. The van der Waals surface area contributed by atoms with Crippen molar-refractivity contribution in [2.75, 3.05) is 63.9 Å². The fraction of sp³-hybridized carbons (Fsp3) is 0.579. The molecule has 4 heterocycles. The third kappa shape index (κ3) is 4.14. The van der Waals surface area contributed by atoms with Gasteiger partial charge >= 0.3 is 5.91 Å². The van der Waals surface area contributed by atoms with Gasteiger partial charge in [-0.2, -0.15) is 0 Å². The lowest BCUT2D eigenvalue weighted by atomic mass is 10.2. The summed E-state index contributed by atoms with van der Waals surface area (Å²) in [6, 6.07) is 4.23. The van der Waals surface area contributed by atoms with Gasteiger partial charge in [-0.05, 0) is 36.9 Å². The quantitative estimate of drug-likeness (QED) is 0.427. The van der Waals surface area contributed by atoms with Crippen LogP contribution >= 0.6 is 11.3 Å². The molecule has 0 saturated carbocycles.